The van der Waals surface area contributed by atoms with Crippen molar-refractivity contribution in [1.29, 1.82) is 0 Å². The molecule has 0 spiro atoms. The molecule has 0 saturated carbocycles. The zero-order valence-electron chi connectivity index (χ0n) is 10.8. The Labute approximate surface area is 129 Å². The second kappa shape index (κ2) is 6.55. The van der Waals surface area contributed by atoms with Crippen molar-refractivity contribution in [3.8, 4) is 0 Å². The fraction of sp³-hybridized carbons (Fsp3) is 0.0769. The monoisotopic (exact) mass is 324 g/mol. The summed E-state index contributed by atoms with van der Waals surface area (Å²) in [7, 11) is 1.27. The van der Waals surface area contributed by atoms with Crippen LogP contribution in [-0.4, -0.2) is 23.0 Å². The zero-order valence-corrected chi connectivity index (χ0v) is 12.4. The Balaban J connectivity index is 2.44. The van der Waals surface area contributed by atoms with Crippen LogP contribution in [0.1, 0.15) is 10.4 Å². The number of benzene rings is 1. The Bertz CT molecular complexity index is 708. The van der Waals surface area contributed by atoms with E-state index < -0.39 is 10.9 Å². The maximum absolute atomic E-state index is 11.7. The smallest absolute Gasteiger partial charge is 0.339 e. The first-order valence-electron chi connectivity index (χ1n) is 5.68. The van der Waals surface area contributed by atoms with Crippen molar-refractivity contribution >= 4 is 35.0 Å². The molecule has 1 heterocycles. The van der Waals surface area contributed by atoms with Crippen LogP contribution >= 0.6 is 23.4 Å². The van der Waals surface area contributed by atoms with E-state index in [1.165, 1.54) is 19.4 Å². The summed E-state index contributed by atoms with van der Waals surface area (Å²) < 4.78 is 4.68. The Morgan fingerprint density at radius 3 is 2.81 bits per heavy atom. The average molecular weight is 325 g/mol. The molecule has 0 unspecified atom stereocenters. The van der Waals surface area contributed by atoms with Gasteiger partial charge in [0.1, 0.15) is 0 Å². The van der Waals surface area contributed by atoms with Gasteiger partial charge in [-0.2, -0.15) is 0 Å². The number of hydrogen-bond donors (Lipinski definition) is 0. The van der Waals surface area contributed by atoms with Gasteiger partial charge in [-0.3, -0.25) is 10.1 Å². The molecule has 108 valence electrons. The standard InChI is InChI=1S/C13H9ClN2O4S/c1-20-13(17)9-4-2-3-5-11(9)21-12-10(16(18)19)6-8(14)7-15-12/h2-7H,1H3. The minimum Gasteiger partial charge on any atom is -0.465 e. The van der Waals surface area contributed by atoms with Gasteiger partial charge in [-0.15, -0.1) is 0 Å². The summed E-state index contributed by atoms with van der Waals surface area (Å²) in [6, 6.07) is 7.86. The average Bonchev–Trinajstić information content (AvgIpc) is 2.48. The third kappa shape index (κ3) is 3.50. The van der Waals surface area contributed by atoms with E-state index in [0.29, 0.717) is 10.5 Å². The molecule has 0 radical (unpaired) electrons. The summed E-state index contributed by atoms with van der Waals surface area (Å²) in [4.78, 5) is 26.6. The molecule has 0 saturated heterocycles. The largest absolute Gasteiger partial charge is 0.465 e. The number of hydrogen-bond acceptors (Lipinski definition) is 6. The van der Waals surface area contributed by atoms with Gasteiger partial charge >= 0.3 is 11.7 Å². The van der Waals surface area contributed by atoms with E-state index in [4.69, 9.17) is 11.6 Å². The van der Waals surface area contributed by atoms with Crippen LogP contribution in [0.15, 0.2) is 46.5 Å². The number of aromatic nitrogens is 1. The zero-order chi connectivity index (χ0) is 15.4. The van der Waals surface area contributed by atoms with Crippen LogP contribution in [-0.2, 0) is 4.74 Å². The highest BCUT2D eigenvalue weighted by molar-refractivity contribution is 7.99. The number of carbonyl (C=O) groups excluding carboxylic acids is 1. The number of pyridine rings is 1. The number of esters is 1. The normalized spacial score (nSPS) is 10.2. The molecule has 6 nitrogen and oxygen atoms in total. The molecular formula is C13H9ClN2O4S. The highest BCUT2D eigenvalue weighted by Crippen LogP contribution is 2.36. The van der Waals surface area contributed by atoms with Crippen LogP contribution in [0, 0.1) is 10.1 Å². The predicted octanol–water partition coefficient (Wildman–Crippen LogP) is 3.58. The molecule has 8 heteroatoms. The summed E-state index contributed by atoms with van der Waals surface area (Å²) in [5, 5.41) is 11.4. The van der Waals surface area contributed by atoms with Crippen LogP contribution in [0.25, 0.3) is 0 Å². The molecule has 0 atom stereocenters. The first-order valence-corrected chi connectivity index (χ1v) is 6.87. The van der Waals surface area contributed by atoms with E-state index in [0.717, 1.165) is 11.8 Å². The highest BCUT2D eigenvalue weighted by Gasteiger charge is 2.20. The van der Waals surface area contributed by atoms with E-state index in [9.17, 15) is 14.9 Å². The summed E-state index contributed by atoms with van der Waals surface area (Å²) in [6.45, 7) is 0. The van der Waals surface area contributed by atoms with Crippen molar-refractivity contribution < 1.29 is 14.5 Å². The van der Waals surface area contributed by atoms with Crippen LogP contribution in [0.4, 0.5) is 5.69 Å². The Kier molecular flexibility index (Phi) is 4.77. The molecule has 21 heavy (non-hydrogen) atoms. The van der Waals surface area contributed by atoms with Crippen molar-refractivity contribution in [2.75, 3.05) is 7.11 Å². The van der Waals surface area contributed by atoms with Gasteiger partial charge in [0.2, 0.25) is 0 Å². The maximum Gasteiger partial charge on any atom is 0.339 e. The van der Waals surface area contributed by atoms with E-state index in [1.54, 1.807) is 24.3 Å². The fourth-order valence-corrected chi connectivity index (χ4v) is 2.68. The van der Waals surface area contributed by atoms with Gasteiger partial charge in [-0.25, -0.2) is 9.78 Å². The number of halogens is 1. The van der Waals surface area contributed by atoms with Gasteiger partial charge in [-0.05, 0) is 12.1 Å². The molecule has 1 aromatic heterocycles. The molecule has 0 aliphatic carbocycles. The fourth-order valence-electron chi connectivity index (χ4n) is 1.56. The van der Waals surface area contributed by atoms with Gasteiger partial charge in [0, 0.05) is 17.2 Å². The quantitative estimate of drug-likeness (QED) is 0.485. The Morgan fingerprint density at radius 2 is 2.14 bits per heavy atom. The third-order valence-corrected chi connectivity index (χ3v) is 3.79. The molecule has 0 bridgehead atoms. The van der Waals surface area contributed by atoms with E-state index in [-0.39, 0.29) is 15.7 Å². The van der Waals surface area contributed by atoms with Gasteiger partial charge in [-0.1, -0.05) is 35.5 Å². The van der Waals surface area contributed by atoms with Crippen molar-refractivity contribution in [2.45, 2.75) is 9.92 Å². The third-order valence-electron chi connectivity index (χ3n) is 2.49. The summed E-state index contributed by atoms with van der Waals surface area (Å²) >= 11 is 6.73. The second-order valence-corrected chi connectivity index (χ2v) is 5.29. The lowest BCUT2D eigenvalue weighted by Gasteiger charge is -2.07. The minimum absolute atomic E-state index is 0.153. The van der Waals surface area contributed by atoms with Crippen molar-refractivity contribution in [3.63, 3.8) is 0 Å². The van der Waals surface area contributed by atoms with Crippen LogP contribution in [0.2, 0.25) is 5.02 Å². The first kappa shape index (κ1) is 15.3. The van der Waals surface area contributed by atoms with E-state index in [1.807, 2.05) is 0 Å². The summed E-state index contributed by atoms with van der Waals surface area (Å²) in [5.41, 5.74) is 0.100. The van der Waals surface area contributed by atoms with Gasteiger partial charge in [0.15, 0.2) is 5.03 Å². The number of nitrogens with zero attached hydrogens (tertiary/aromatic N) is 2. The Morgan fingerprint density at radius 1 is 1.43 bits per heavy atom. The number of carbonyl (C=O) groups is 1. The van der Waals surface area contributed by atoms with Gasteiger partial charge in [0.25, 0.3) is 0 Å². The van der Waals surface area contributed by atoms with Crippen LogP contribution in [0.3, 0.4) is 0 Å². The topological polar surface area (TPSA) is 82.3 Å². The predicted molar refractivity (Wildman–Crippen MR) is 77.8 cm³/mol. The second-order valence-electron chi connectivity index (χ2n) is 3.82. The number of nitro groups is 1. The summed E-state index contributed by atoms with van der Waals surface area (Å²) in [5.74, 6) is -0.519. The van der Waals surface area contributed by atoms with Crippen molar-refractivity contribution in [3.05, 3.63) is 57.2 Å². The Hall–Kier alpha value is -2.12. The molecule has 0 aliphatic heterocycles. The van der Waals surface area contributed by atoms with E-state index in [2.05, 4.69) is 9.72 Å². The minimum atomic E-state index is -0.567. The molecular weight excluding hydrogens is 316 g/mol. The van der Waals surface area contributed by atoms with Crippen LogP contribution in [0.5, 0.6) is 0 Å². The lowest BCUT2D eigenvalue weighted by molar-refractivity contribution is -0.388. The number of methoxy groups -OCH3 is 1. The van der Waals surface area contributed by atoms with Crippen molar-refractivity contribution in [1.82, 2.24) is 4.98 Å². The SMILES string of the molecule is COC(=O)c1ccccc1Sc1ncc(Cl)cc1[N+](=O)[O-]. The highest BCUT2D eigenvalue weighted by atomic mass is 35.5. The maximum atomic E-state index is 11.7. The molecule has 1 aromatic carbocycles. The lowest BCUT2D eigenvalue weighted by Crippen LogP contribution is -2.03. The molecule has 2 rings (SSSR count). The van der Waals surface area contributed by atoms with Gasteiger partial charge in [0.05, 0.1) is 22.6 Å². The first-order chi connectivity index (χ1) is 10.0. The molecule has 0 aliphatic rings. The van der Waals surface area contributed by atoms with Crippen molar-refractivity contribution in [2.24, 2.45) is 0 Å². The molecule has 2 aromatic rings. The van der Waals surface area contributed by atoms with Gasteiger partial charge < -0.3 is 4.74 Å². The molecule has 0 amide bonds. The number of rotatable bonds is 4. The molecule has 0 fully saturated rings. The summed E-state index contributed by atoms with van der Waals surface area (Å²) in [6.07, 6.45) is 1.32. The number of ether oxygens (including phenoxy) is 1. The molecule has 0 N–H and O–H groups in total. The van der Waals surface area contributed by atoms with E-state index >= 15 is 0 Å². The lowest BCUT2D eigenvalue weighted by atomic mass is 10.2. The van der Waals surface area contributed by atoms with Crippen LogP contribution < -0.4 is 0 Å².